The Labute approximate surface area is 133 Å². The largest absolute Gasteiger partial charge is 0.493 e. The summed E-state index contributed by atoms with van der Waals surface area (Å²) in [5.41, 5.74) is 1.17. The third kappa shape index (κ3) is 3.02. The molecule has 1 aromatic heterocycles. The predicted octanol–water partition coefficient (Wildman–Crippen LogP) is 3.98. The lowest BCUT2D eigenvalue weighted by atomic mass is 9.92. The summed E-state index contributed by atoms with van der Waals surface area (Å²) in [4.78, 5) is 9.22. The van der Waals surface area contributed by atoms with Crippen LogP contribution in [0.3, 0.4) is 0 Å². The molecule has 1 unspecified atom stereocenters. The number of hydrogen-bond acceptors (Lipinski definition) is 4. The minimum absolute atomic E-state index is 0.199. The van der Waals surface area contributed by atoms with Crippen LogP contribution >= 0.6 is 15.9 Å². The molecule has 1 aromatic carbocycles. The first-order valence-corrected chi connectivity index (χ1v) is 8.07. The fraction of sp³-hybridized carbons (Fsp3) is 0.375. The lowest BCUT2D eigenvalue weighted by molar-refractivity contribution is 0.274. The van der Waals surface area contributed by atoms with E-state index in [1.807, 2.05) is 24.4 Å². The van der Waals surface area contributed by atoms with Gasteiger partial charge in [-0.25, -0.2) is 9.97 Å². The van der Waals surface area contributed by atoms with E-state index < -0.39 is 0 Å². The van der Waals surface area contributed by atoms with Crippen molar-refractivity contribution in [2.24, 2.45) is 0 Å². The van der Waals surface area contributed by atoms with Crippen molar-refractivity contribution < 1.29 is 4.74 Å². The molecule has 1 aliphatic rings. The lowest BCUT2D eigenvalue weighted by Gasteiger charge is -2.25. The minimum atomic E-state index is 0.199. The van der Waals surface area contributed by atoms with Crippen molar-refractivity contribution in [3.05, 3.63) is 46.3 Å². The van der Waals surface area contributed by atoms with E-state index in [1.54, 1.807) is 0 Å². The van der Waals surface area contributed by atoms with Crippen molar-refractivity contribution in [3.8, 4) is 5.75 Å². The average Bonchev–Trinajstić information content (AvgIpc) is 2.54. The van der Waals surface area contributed by atoms with Crippen LogP contribution in [0.4, 0.5) is 5.82 Å². The number of aromatic nitrogens is 2. The highest BCUT2D eigenvalue weighted by molar-refractivity contribution is 9.10. The quantitative estimate of drug-likeness (QED) is 0.908. The maximum absolute atomic E-state index is 5.71. The van der Waals surface area contributed by atoms with E-state index in [4.69, 9.17) is 9.72 Å². The van der Waals surface area contributed by atoms with Gasteiger partial charge in [0.15, 0.2) is 0 Å². The second-order valence-electron chi connectivity index (χ2n) is 5.08. The summed E-state index contributed by atoms with van der Waals surface area (Å²) in [6, 6.07) is 8.15. The van der Waals surface area contributed by atoms with Gasteiger partial charge < -0.3 is 10.1 Å². The summed E-state index contributed by atoms with van der Waals surface area (Å²) in [5.74, 6) is 2.87. The normalized spacial score (nSPS) is 17.0. The van der Waals surface area contributed by atoms with Crippen molar-refractivity contribution in [1.29, 1.82) is 0 Å². The number of halogens is 1. The predicted molar refractivity (Wildman–Crippen MR) is 86.9 cm³/mol. The minimum Gasteiger partial charge on any atom is -0.493 e. The molecule has 0 bridgehead atoms. The van der Waals surface area contributed by atoms with E-state index in [1.165, 1.54) is 5.56 Å². The van der Waals surface area contributed by atoms with Crippen LogP contribution < -0.4 is 10.1 Å². The van der Waals surface area contributed by atoms with Gasteiger partial charge in [-0.05, 0) is 34.8 Å². The summed E-state index contributed by atoms with van der Waals surface area (Å²) in [6.07, 6.45) is 3.80. The fourth-order valence-electron chi connectivity index (χ4n) is 2.53. The monoisotopic (exact) mass is 347 g/mol. The third-order valence-corrected chi connectivity index (χ3v) is 4.16. The molecule has 0 amide bonds. The first-order valence-electron chi connectivity index (χ1n) is 7.27. The summed E-state index contributed by atoms with van der Waals surface area (Å²) in [6.45, 7) is 3.75. The van der Waals surface area contributed by atoms with E-state index in [-0.39, 0.29) is 5.92 Å². The van der Waals surface area contributed by atoms with Crippen LogP contribution in [0, 0.1) is 0 Å². The van der Waals surface area contributed by atoms with Gasteiger partial charge in [0.1, 0.15) is 17.4 Å². The van der Waals surface area contributed by atoms with E-state index >= 15 is 0 Å². The highest BCUT2D eigenvalue weighted by atomic mass is 79.9. The molecular weight excluding hydrogens is 330 g/mol. The third-order valence-electron chi connectivity index (χ3n) is 3.58. The second kappa shape index (κ2) is 6.43. The van der Waals surface area contributed by atoms with Gasteiger partial charge in [-0.1, -0.05) is 25.1 Å². The SMILES string of the molecule is CCCNc1nc(C2CCOc3ccccc32)ncc1Br. The Hall–Kier alpha value is -1.62. The van der Waals surface area contributed by atoms with E-state index in [2.05, 4.69) is 39.2 Å². The molecule has 21 heavy (non-hydrogen) atoms. The van der Waals surface area contributed by atoms with Crippen LogP contribution in [-0.4, -0.2) is 23.1 Å². The number of nitrogens with one attached hydrogen (secondary N) is 1. The van der Waals surface area contributed by atoms with Gasteiger partial charge in [0, 0.05) is 18.3 Å². The topological polar surface area (TPSA) is 47.0 Å². The van der Waals surface area contributed by atoms with Gasteiger partial charge in [0.05, 0.1) is 17.0 Å². The Morgan fingerprint density at radius 3 is 3.10 bits per heavy atom. The maximum atomic E-state index is 5.71. The van der Waals surface area contributed by atoms with Gasteiger partial charge in [-0.3, -0.25) is 0 Å². The molecule has 3 rings (SSSR count). The van der Waals surface area contributed by atoms with Crippen LogP contribution in [-0.2, 0) is 0 Å². The molecule has 5 heteroatoms. The van der Waals surface area contributed by atoms with E-state index in [9.17, 15) is 0 Å². The van der Waals surface area contributed by atoms with Crippen molar-refractivity contribution >= 4 is 21.7 Å². The van der Waals surface area contributed by atoms with E-state index in [0.29, 0.717) is 6.61 Å². The highest BCUT2D eigenvalue weighted by Crippen LogP contribution is 2.37. The van der Waals surface area contributed by atoms with Crippen molar-refractivity contribution in [2.75, 3.05) is 18.5 Å². The van der Waals surface area contributed by atoms with Crippen LogP contribution in [0.2, 0.25) is 0 Å². The Kier molecular flexibility index (Phi) is 4.39. The molecular formula is C16H18BrN3O. The van der Waals surface area contributed by atoms with Crippen LogP contribution in [0.5, 0.6) is 5.75 Å². The molecule has 4 nitrogen and oxygen atoms in total. The molecule has 0 saturated heterocycles. The molecule has 0 fully saturated rings. The summed E-state index contributed by atoms with van der Waals surface area (Å²) >= 11 is 3.50. The van der Waals surface area contributed by atoms with Crippen molar-refractivity contribution in [2.45, 2.75) is 25.7 Å². The van der Waals surface area contributed by atoms with Crippen LogP contribution in [0.1, 0.15) is 37.1 Å². The second-order valence-corrected chi connectivity index (χ2v) is 5.93. The zero-order valence-corrected chi connectivity index (χ0v) is 13.6. The molecule has 1 aliphatic heterocycles. The van der Waals surface area contributed by atoms with Gasteiger partial charge in [-0.15, -0.1) is 0 Å². The zero-order valence-electron chi connectivity index (χ0n) is 12.0. The number of rotatable bonds is 4. The Morgan fingerprint density at radius 1 is 1.38 bits per heavy atom. The number of nitrogens with zero attached hydrogens (tertiary/aromatic N) is 2. The lowest BCUT2D eigenvalue weighted by Crippen LogP contribution is -2.18. The number of hydrogen-bond donors (Lipinski definition) is 1. The number of fused-ring (bicyclic) bond motifs is 1. The maximum Gasteiger partial charge on any atom is 0.144 e. The van der Waals surface area contributed by atoms with Crippen LogP contribution in [0.25, 0.3) is 0 Å². The fourth-order valence-corrected chi connectivity index (χ4v) is 2.86. The molecule has 0 aliphatic carbocycles. The molecule has 110 valence electrons. The summed E-state index contributed by atoms with van der Waals surface area (Å²) < 4.78 is 6.62. The van der Waals surface area contributed by atoms with Gasteiger partial charge in [0.2, 0.25) is 0 Å². The first kappa shape index (κ1) is 14.3. The molecule has 0 radical (unpaired) electrons. The Balaban J connectivity index is 1.94. The van der Waals surface area contributed by atoms with Crippen molar-refractivity contribution in [1.82, 2.24) is 9.97 Å². The first-order chi connectivity index (χ1) is 10.3. The molecule has 2 aromatic rings. The summed E-state index contributed by atoms with van der Waals surface area (Å²) in [7, 11) is 0. The molecule has 2 heterocycles. The highest BCUT2D eigenvalue weighted by Gasteiger charge is 2.25. The smallest absolute Gasteiger partial charge is 0.144 e. The molecule has 0 saturated carbocycles. The zero-order chi connectivity index (χ0) is 14.7. The number of benzene rings is 1. The molecule has 1 atom stereocenters. The number of anilines is 1. The van der Waals surface area contributed by atoms with Gasteiger partial charge >= 0.3 is 0 Å². The summed E-state index contributed by atoms with van der Waals surface area (Å²) in [5, 5.41) is 3.34. The standard InChI is InChI=1S/C16H18BrN3O/c1-2-8-18-16-13(17)10-19-15(20-16)12-7-9-21-14-6-4-3-5-11(12)14/h3-6,10,12H,2,7-9H2,1H3,(H,18,19,20). The molecule has 0 spiro atoms. The Bertz CT molecular complexity index is 633. The van der Waals surface area contributed by atoms with Gasteiger partial charge in [-0.2, -0.15) is 0 Å². The van der Waals surface area contributed by atoms with Crippen molar-refractivity contribution in [3.63, 3.8) is 0 Å². The Morgan fingerprint density at radius 2 is 2.24 bits per heavy atom. The number of ether oxygens (including phenoxy) is 1. The van der Waals surface area contributed by atoms with Gasteiger partial charge in [0.25, 0.3) is 0 Å². The molecule has 1 N–H and O–H groups in total. The number of para-hydroxylation sites is 1. The average molecular weight is 348 g/mol. The van der Waals surface area contributed by atoms with E-state index in [0.717, 1.165) is 41.3 Å². The van der Waals surface area contributed by atoms with Crippen LogP contribution in [0.15, 0.2) is 34.9 Å².